The van der Waals surface area contributed by atoms with Gasteiger partial charge in [0.1, 0.15) is 0 Å². The molecule has 0 radical (unpaired) electrons. The van der Waals surface area contributed by atoms with Gasteiger partial charge in [0.2, 0.25) is 10.0 Å². The Bertz CT molecular complexity index is 277. The van der Waals surface area contributed by atoms with Gasteiger partial charge in [0, 0.05) is 13.1 Å². The van der Waals surface area contributed by atoms with E-state index in [0.717, 1.165) is 6.42 Å². The highest BCUT2D eigenvalue weighted by molar-refractivity contribution is 7.89. The number of unbranched alkanes of at least 4 members (excludes halogenated alkanes) is 1. The van der Waals surface area contributed by atoms with Gasteiger partial charge in [-0.15, -0.1) is 0 Å². The standard InChI is InChI=1S/C12H28N2O2S/c1-11(2)9-14(10-12(3)4)17(15,16)8-6-5-7-13/h11-12H,5-10,13H2,1-4H3. The second kappa shape index (κ2) is 8.06. The Balaban J connectivity index is 4.53. The van der Waals surface area contributed by atoms with Crippen LogP contribution in [0.1, 0.15) is 40.5 Å². The molecular weight excluding hydrogens is 236 g/mol. The third-order valence-corrected chi connectivity index (χ3v) is 4.28. The van der Waals surface area contributed by atoms with Crippen molar-refractivity contribution in [1.82, 2.24) is 4.31 Å². The summed E-state index contributed by atoms with van der Waals surface area (Å²) in [5.41, 5.74) is 5.39. The first kappa shape index (κ1) is 16.9. The van der Waals surface area contributed by atoms with Crippen LogP contribution in [0.4, 0.5) is 0 Å². The van der Waals surface area contributed by atoms with Gasteiger partial charge in [0.25, 0.3) is 0 Å². The molecular formula is C12H28N2O2S. The minimum absolute atomic E-state index is 0.226. The average molecular weight is 264 g/mol. The maximum Gasteiger partial charge on any atom is 0.214 e. The Kier molecular flexibility index (Phi) is 8.00. The van der Waals surface area contributed by atoms with Gasteiger partial charge in [-0.25, -0.2) is 12.7 Å². The molecule has 0 aliphatic rings. The first-order valence-corrected chi connectivity index (χ1v) is 8.08. The van der Waals surface area contributed by atoms with Crippen LogP contribution in [0.2, 0.25) is 0 Å². The largest absolute Gasteiger partial charge is 0.330 e. The van der Waals surface area contributed by atoms with Crippen LogP contribution in [-0.4, -0.2) is 38.1 Å². The fourth-order valence-corrected chi connectivity index (χ4v) is 3.55. The second-order valence-electron chi connectivity index (χ2n) is 5.42. The highest BCUT2D eigenvalue weighted by Crippen LogP contribution is 2.11. The summed E-state index contributed by atoms with van der Waals surface area (Å²) in [6, 6.07) is 0. The van der Waals surface area contributed by atoms with Gasteiger partial charge in [-0.1, -0.05) is 27.7 Å². The fraction of sp³-hybridized carbons (Fsp3) is 1.00. The van der Waals surface area contributed by atoms with Crippen molar-refractivity contribution in [2.24, 2.45) is 17.6 Å². The summed E-state index contributed by atoms with van der Waals surface area (Å²) < 4.78 is 26.0. The molecule has 0 saturated carbocycles. The monoisotopic (exact) mass is 264 g/mol. The van der Waals surface area contributed by atoms with Crippen molar-refractivity contribution in [2.75, 3.05) is 25.4 Å². The number of hydrogen-bond donors (Lipinski definition) is 1. The van der Waals surface area contributed by atoms with Crippen LogP contribution in [-0.2, 0) is 10.0 Å². The minimum Gasteiger partial charge on any atom is -0.330 e. The molecule has 0 aromatic heterocycles. The quantitative estimate of drug-likeness (QED) is 0.644. The molecule has 0 heterocycles. The summed E-state index contributed by atoms with van der Waals surface area (Å²) in [5.74, 6) is 0.944. The van der Waals surface area contributed by atoms with Gasteiger partial charge in [-0.2, -0.15) is 0 Å². The average Bonchev–Trinajstić information content (AvgIpc) is 2.15. The van der Waals surface area contributed by atoms with Crippen LogP contribution in [0, 0.1) is 11.8 Å². The summed E-state index contributed by atoms with van der Waals surface area (Å²) in [6.07, 6.45) is 1.43. The molecule has 0 saturated heterocycles. The molecule has 0 unspecified atom stereocenters. The maximum atomic E-state index is 12.2. The zero-order chi connectivity index (χ0) is 13.5. The van der Waals surface area contributed by atoms with Gasteiger partial charge in [0.05, 0.1) is 5.75 Å². The molecule has 0 spiro atoms. The van der Waals surface area contributed by atoms with E-state index in [1.807, 2.05) is 27.7 Å². The lowest BCUT2D eigenvalue weighted by Gasteiger charge is -2.25. The Labute approximate surface area is 107 Å². The Morgan fingerprint density at radius 2 is 1.47 bits per heavy atom. The Morgan fingerprint density at radius 1 is 1.00 bits per heavy atom. The molecule has 0 aromatic rings. The van der Waals surface area contributed by atoms with Crippen LogP contribution in [0.3, 0.4) is 0 Å². The van der Waals surface area contributed by atoms with Crippen molar-refractivity contribution in [2.45, 2.75) is 40.5 Å². The summed E-state index contributed by atoms with van der Waals surface area (Å²) >= 11 is 0. The molecule has 0 fully saturated rings. The lowest BCUT2D eigenvalue weighted by Crippen LogP contribution is -2.38. The van der Waals surface area contributed by atoms with E-state index in [-0.39, 0.29) is 5.75 Å². The molecule has 104 valence electrons. The predicted molar refractivity (Wildman–Crippen MR) is 73.3 cm³/mol. The zero-order valence-corrected chi connectivity index (χ0v) is 12.5. The van der Waals surface area contributed by atoms with Gasteiger partial charge in [-0.3, -0.25) is 0 Å². The van der Waals surface area contributed by atoms with Gasteiger partial charge in [0.15, 0.2) is 0 Å². The molecule has 0 amide bonds. The second-order valence-corrected chi connectivity index (χ2v) is 7.50. The summed E-state index contributed by atoms with van der Waals surface area (Å²) in [7, 11) is -3.11. The van der Waals surface area contributed by atoms with Crippen LogP contribution >= 0.6 is 0 Å². The number of sulfonamides is 1. The molecule has 5 heteroatoms. The van der Waals surface area contributed by atoms with Gasteiger partial charge < -0.3 is 5.73 Å². The SMILES string of the molecule is CC(C)CN(CC(C)C)S(=O)(=O)CCCCN. The first-order chi connectivity index (χ1) is 7.79. The minimum atomic E-state index is -3.11. The molecule has 0 atom stereocenters. The van der Waals surface area contributed by atoms with E-state index in [4.69, 9.17) is 5.73 Å². The highest BCUT2D eigenvalue weighted by atomic mass is 32.2. The molecule has 17 heavy (non-hydrogen) atoms. The predicted octanol–water partition coefficient (Wildman–Crippen LogP) is 1.67. The summed E-state index contributed by atoms with van der Waals surface area (Å²) in [5, 5.41) is 0. The van der Waals surface area contributed by atoms with Crippen LogP contribution in [0.5, 0.6) is 0 Å². The van der Waals surface area contributed by atoms with E-state index in [1.165, 1.54) is 0 Å². The Hall–Kier alpha value is -0.130. The van der Waals surface area contributed by atoms with E-state index in [1.54, 1.807) is 4.31 Å². The third kappa shape index (κ3) is 7.73. The molecule has 0 aliphatic carbocycles. The molecule has 0 aliphatic heterocycles. The van der Waals surface area contributed by atoms with Crippen LogP contribution < -0.4 is 5.73 Å². The van der Waals surface area contributed by atoms with Gasteiger partial charge >= 0.3 is 0 Å². The van der Waals surface area contributed by atoms with Crippen LogP contribution in [0.25, 0.3) is 0 Å². The summed E-state index contributed by atoms with van der Waals surface area (Å²) in [6.45, 7) is 9.97. The first-order valence-electron chi connectivity index (χ1n) is 6.47. The molecule has 0 aromatic carbocycles. The molecule has 2 N–H and O–H groups in total. The van der Waals surface area contributed by atoms with Crippen molar-refractivity contribution >= 4 is 10.0 Å². The van der Waals surface area contributed by atoms with E-state index >= 15 is 0 Å². The number of nitrogens with two attached hydrogens (primary N) is 1. The summed E-state index contributed by atoms with van der Waals surface area (Å²) in [4.78, 5) is 0. The van der Waals surface area contributed by atoms with Crippen molar-refractivity contribution < 1.29 is 8.42 Å². The van der Waals surface area contributed by atoms with E-state index < -0.39 is 10.0 Å². The van der Waals surface area contributed by atoms with E-state index in [9.17, 15) is 8.42 Å². The molecule has 4 nitrogen and oxygen atoms in total. The smallest absolute Gasteiger partial charge is 0.214 e. The number of rotatable bonds is 9. The zero-order valence-electron chi connectivity index (χ0n) is 11.6. The van der Waals surface area contributed by atoms with E-state index in [2.05, 4.69) is 0 Å². The maximum absolute atomic E-state index is 12.2. The Morgan fingerprint density at radius 3 is 1.82 bits per heavy atom. The topological polar surface area (TPSA) is 63.4 Å². The normalized spacial score (nSPS) is 12.9. The van der Waals surface area contributed by atoms with Gasteiger partial charge in [-0.05, 0) is 31.2 Å². The van der Waals surface area contributed by atoms with E-state index in [0.29, 0.717) is 37.9 Å². The lowest BCUT2D eigenvalue weighted by atomic mass is 10.2. The molecule has 0 bridgehead atoms. The highest BCUT2D eigenvalue weighted by Gasteiger charge is 2.22. The fourth-order valence-electron chi connectivity index (χ4n) is 1.67. The number of hydrogen-bond acceptors (Lipinski definition) is 3. The van der Waals surface area contributed by atoms with Crippen LogP contribution in [0.15, 0.2) is 0 Å². The van der Waals surface area contributed by atoms with Crippen molar-refractivity contribution in [3.8, 4) is 0 Å². The lowest BCUT2D eigenvalue weighted by molar-refractivity contribution is 0.333. The van der Waals surface area contributed by atoms with Crippen molar-refractivity contribution in [1.29, 1.82) is 0 Å². The van der Waals surface area contributed by atoms with Crippen molar-refractivity contribution in [3.05, 3.63) is 0 Å². The number of nitrogens with zero attached hydrogens (tertiary/aromatic N) is 1. The molecule has 0 rings (SSSR count). The third-order valence-electron chi connectivity index (χ3n) is 2.39. The van der Waals surface area contributed by atoms with Crippen molar-refractivity contribution in [3.63, 3.8) is 0 Å².